The molecule has 8 nitrogen and oxygen atoms in total. The van der Waals surface area contributed by atoms with Gasteiger partial charge in [-0.15, -0.1) is 0 Å². The number of ether oxygens (including phenoxy) is 2. The summed E-state index contributed by atoms with van der Waals surface area (Å²) in [6.07, 6.45) is 3.14. The summed E-state index contributed by atoms with van der Waals surface area (Å²) in [4.78, 5) is 32.3. The molecule has 3 N–H and O–H groups in total. The lowest BCUT2D eigenvalue weighted by atomic mass is 9.97. The number of rotatable bonds is 4. The second-order valence-electron chi connectivity index (χ2n) is 6.27. The first-order valence-corrected chi connectivity index (χ1v) is 8.69. The number of benzene rings is 2. The van der Waals surface area contributed by atoms with E-state index in [9.17, 15) is 14.7 Å². The third kappa shape index (κ3) is 3.10. The maximum absolute atomic E-state index is 12.2. The Balaban J connectivity index is 2.05. The lowest BCUT2D eigenvalue weighted by molar-refractivity contribution is 0.390. The van der Waals surface area contributed by atoms with E-state index in [1.807, 2.05) is 30.3 Å². The summed E-state index contributed by atoms with van der Waals surface area (Å²) in [5.41, 5.74) is 0.912. The van der Waals surface area contributed by atoms with Crippen molar-refractivity contribution in [3.8, 4) is 17.4 Å². The number of methoxy groups -OCH3 is 2. The molecule has 3 aromatic rings. The molecule has 4 rings (SSSR count). The molecular weight excluding hydrogens is 374 g/mol. The van der Waals surface area contributed by atoms with Gasteiger partial charge in [0, 0.05) is 23.1 Å². The number of H-pyrrole nitrogens is 2. The van der Waals surface area contributed by atoms with Crippen LogP contribution in [0.25, 0.3) is 11.6 Å². The van der Waals surface area contributed by atoms with Crippen molar-refractivity contribution < 1.29 is 14.6 Å². The maximum atomic E-state index is 12.2. The monoisotopic (exact) mass is 391 g/mol. The standard InChI is InChI=1S/C21H17N3O5/c1-28-15-9-16(29-2)17-14(11-6-4-3-5-7-11)10-22-18(17)12(15)8-13-19(25)23-21(27)24-20(13)26/h3-10H,1-2H3,(H3,23,24,25,26,27). The van der Waals surface area contributed by atoms with Crippen LogP contribution in [0.2, 0.25) is 0 Å². The third-order valence-corrected chi connectivity index (χ3v) is 4.63. The predicted molar refractivity (Wildman–Crippen MR) is 107 cm³/mol. The normalized spacial score (nSPS) is 12.9. The van der Waals surface area contributed by atoms with Crippen LogP contribution in [0.3, 0.4) is 0 Å². The van der Waals surface area contributed by atoms with Gasteiger partial charge >= 0.3 is 5.69 Å². The van der Waals surface area contributed by atoms with Gasteiger partial charge in [0.15, 0.2) is 0 Å². The van der Waals surface area contributed by atoms with Gasteiger partial charge in [-0.1, -0.05) is 30.3 Å². The van der Waals surface area contributed by atoms with Crippen molar-refractivity contribution >= 4 is 11.6 Å². The number of aromatic amines is 2. The summed E-state index contributed by atoms with van der Waals surface area (Å²) in [6, 6.07) is 11.4. The van der Waals surface area contributed by atoms with Crippen molar-refractivity contribution in [2.24, 2.45) is 4.99 Å². The molecule has 29 heavy (non-hydrogen) atoms. The van der Waals surface area contributed by atoms with E-state index < -0.39 is 17.1 Å². The Hall–Kier alpha value is -4.07. The van der Waals surface area contributed by atoms with Crippen molar-refractivity contribution in [1.82, 2.24) is 9.97 Å². The molecule has 2 aromatic carbocycles. The first kappa shape index (κ1) is 18.3. The Labute approximate surface area is 164 Å². The smallest absolute Gasteiger partial charge is 0.328 e. The molecule has 0 radical (unpaired) electrons. The Morgan fingerprint density at radius 1 is 1.03 bits per heavy atom. The van der Waals surface area contributed by atoms with Crippen LogP contribution in [0.5, 0.6) is 17.4 Å². The summed E-state index contributed by atoms with van der Waals surface area (Å²) in [6.45, 7) is 0. The van der Waals surface area contributed by atoms with E-state index in [0.717, 1.165) is 16.7 Å². The highest BCUT2D eigenvalue weighted by Crippen LogP contribution is 2.32. The zero-order valence-electron chi connectivity index (χ0n) is 15.6. The van der Waals surface area contributed by atoms with Gasteiger partial charge < -0.3 is 14.6 Å². The van der Waals surface area contributed by atoms with Crippen LogP contribution in [0, 0.1) is 0 Å². The van der Waals surface area contributed by atoms with Crippen LogP contribution >= 0.6 is 0 Å². The van der Waals surface area contributed by atoms with Gasteiger partial charge in [-0.05, 0) is 11.6 Å². The molecule has 2 heterocycles. The summed E-state index contributed by atoms with van der Waals surface area (Å²) in [5.74, 6) is 0.418. The molecule has 0 bridgehead atoms. The number of hydrogen-bond acceptors (Lipinski definition) is 6. The van der Waals surface area contributed by atoms with Crippen molar-refractivity contribution in [3.63, 3.8) is 0 Å². The zero-order chi connectivity index (χ0) is 20.5. The Bertz CT molecular complexity index is 1370. The second kappa shape index (κ2) is 7.16. The SMILES string of the molecule is COc1cc(OC)c(=Cc2c(O)[nH]c(=O)[nH]c2=O)c2c1C(c1ccccc1)=CN=2. The first-order valence-electron chi connectivity index (χ1n) is 8.69. The van der Waals surface area contributed by atoms with Crippen LogP contribution in [-0.4, -0.2) is 29.3 Å². The molecular formula is C21H17N3O5. The molecule has 0 aliphatic carbocycles. The van der Waals surface area contributed by atoms with E-state index in [1.165, 1.54) is 13.2 Å². The summed E-state index contributed by atoms with van der Waals surface area (Å²) < 4.78 is 11.0. The van der Waals surface area contributed by atoms with E-state index in [1.54, 1.807) is 19.4 Å². The van der Waals surface area contributed by atoms with Gasteiger partial charge in [0.25, 0.3) is 5.56 Å². The Morgan fingerprint density at radius 3 is 2.41 bits per heavy atom. The quantitative estimate of drug-likeness (QED) is 0.603. The van der Waals surface area contributed by atoms with Gasteiger partial charge in [-0.25, -0.2) is 4.79 Å². The minimum Gasteiger partial charge on any atom is -0.496 e. The number of nitrogens with zero attached hydrogens (tertiary/aromatic N) is 1. The van der Waals surface area contributed by atoms with Crippen LogP contribution in [-0.2, 0) is 0 Å². The van der Waals surface area contributed by atoms with Gasteiger partial charge in [0.1, 0.15) is 17.1 Å². The molecule has 0 amide bonds. The van der Waals surface area contributed by atoms with Crippen molar-refractivity contribution in [1.29, 1.82) is 0 Å². The van der Waals surface area contributed by atoms with E-state index >= 15 is 0 Å². The van der Waals surface area contributed by atoms with E-state index in [4.69, 9.17) is 9.47 Å². The zero-order valence-corrected chi connectivity index (χ0v) is 15.6. The number of nitrogens with one attached hydrogen (secondary N) is 2. The lowest BCUT2D eigenvalue weighted by Crippen LogP contribution is -2.31. The predicted octanol–water partition coefficient (Wildman–Crippen LogP) is 0.637. The fourth-order valence-electron chi connectivity index (χ4n) is 3.29. The van der Waals surface area contributed by atoms with Gasteiger partial charge in [0.2, 0.25) is 5.88 Å². The number of aromatic nitrogens is 2. The highest BCUT2D eigenvalue weighted by Gasteiger charge is 2.21. The fourth-order valence-corrected chi connectivity index (χ4v) is 3.29. The minimum absolute atomic E-state index is 0.112. The van der Waals surface area contributed by atoms with Crippen molar-refractivity contribution in [2.45, 2.75) is 0 Å². The number of aromatic hydroxyl groups is 1. The van der Waals surface area contributed by atoms with Crippen molar-refractivity contribution in [3.05, 3.63) is 90.7 Å². The molecule has 146 valence electrons. The van der Waals surface area contributed by atoms with E-state index in [-0.39, 0.29) is 5.56 Å². The molecule has 0 saturated heterocycles. The largest absolute Gasteiger partial charge is 0.496 e. The summed E-state index contributed by atoms with van der Waals surface area (Å²) in [5, 5.41) is 11.1. The number of fused-ring (bicyclic) bond motifs is 1. The van der Waals surface area contributed by atoms with E-state index in [0.29, 0.717) is 22.1 Å². The summed E-state index contributed by atoms with van der Waals surface area (Å²) in [7, 11) is 3.04. The van der Waals surface area contributed by atoms with Crippen LogP contribution in [0.4, 0.5) is 0 Å². The lowest BCUT2D eigenvalue weighted by Gasteiger charge is -2.12. The molecule has 0 unspecified atom stereocenters. The van der Waals surface area contributed by atoms with Crippen molar-refractivity contribution in [2.75, 3.05) is 14.2 Å². The maximum Gasteiger partial charge on any atom is 0.328 e. The average molecular weight is 391 g/mol. The third-order valence-electron chi connectivity index (χ3n) is 4.63. The fraction of sp³-hybridized carbons (Fsp3) is 0.0952. The molecule has 0 atom stereocenters. The van der Waals surface area contributed by atoms with Crippen LogP contribution in [0.1, 0.15) is 16.7 Å². The molecule has 1 aliphatic rings. The Kier molecular flexibility index (Phi) is 4.52. The highest BCUT2D eigenvalue weighted by molar-refractivity contribution is 5.85. The van der Waals surface area contributed by atoms with Crippen LogP contribution in [0.15, 0.2) is 57.2 Å². The summed E-state index contributed by atoms with van der Waals surface area (Å²) >= 11 is 0. The van der Waals surface area contributed by atoms with Gasteiger partial charge in [-0.3, -0.25) is 19.8 Å². The average Bonchev–Trinajstić information content (AvgIpc) is 3.16. The van der Waals surface area contributed by atoms with Crippen LogP contribution < -0.4 is 31.3 Å². The minimum atomic E-state index is -0.797. The molecule has 1 aromatic heterocycles. The first-order chi connectivity index (χ1) is 14.0. The second-order valence-corrected chi connectivity index (χ2v) is 6.27. The molecule has 0 spiro atoms. The molecule has 8 heteroatoms. The number of hydrogen-bond donors (Lipinski definition) is 3. The topological polar surface area (TPSA) is 117 Å². The molecule has 0 fully saturated rings. The Morgan fingerprint density at radius 2 is 1.76 bits per heavy atom. The van der Waals surface area contributed by atoms with Gasteiger partial charge in [0.05, 0.1) is 25.1 Å². The molecule has 0 saturated carbocycles. The van der Waals surface area contributed by atoms with E-state index in [2.05, 4.69) is 15.0 Å². The highest BCUT2D eigenvalue weighted by atomic mass is 16.5. The molecule has 1 aliphatic heterocycles. The van der Waals surface area contributed by atoms with Gasteiger partial charge in [-0.2, -0.15) is 0 Å².